The highest BCUT2D eigenvalue weighted by atomic mass is 32.2. The molecule has 1 N–H and O–H groups in total. The summed E-state index contributed by atoms with van der Waals surface area (Å²) in [5.74, 6) is 1.31. The molecule has 0 radical (unpaired) electrons. The molecule has 0 bridgehead atoms. The van der Waals surface area contributed by atoms with Crippen LogP contribution in [0.3, 0.4) is 0 Å². The van der Waals surface area contributed by atoms with Crippen LogP contribution in [0.5, 0.6) is 0 Å². The van der Waals surface area contributed by atoms with Crippen LogP contribution < -0.4 is 5.56 Å². The highest BCUT2D eigenvalue weighted by molar-refractivity contribution is 7.99. The molecule has 1 atom stereocenters. The molecule has 0 saturated carbocycles. The molecule has 0 aliphatic rings. The van der Waals surface area contributed by atoms with Crippen LogP contribution in [0.2, 0.25) is 0 Å². The van der Waals surface area contributed by atoms with E-state index in [4.69, 9.17) is 0 Å². The summed E-state index contributed by atoms with van der Waals surface area (Å²) >= 11 is 3.03. The van der Waals surface area contributed by atoms with Crippen LogP contribution in [-0.2, 0) is 10.5 Å². The van der Waals surface area contributed by atoms with Crippen molar-refractivity contribution in [1.82, 2.24) is 9.97 Å². The lowest BCUT2D eigenvalue weighted by atomic mass is 10.2. The van der Waals surface area contributed by atoms with E-state index in [0.29, 0.717) is 17.0 Å². The van der Waals surface area contributed by atoms with Crippen molar-refractivity contribution in [3.05, 3.63) is 26.6 Å². The molecule has 2 heterocycles. The van der Waals surface area contributed by atoms with E-state index < -0.39 is 0 Å². The van der Waals surface area contributed by atoms with E-state index in [2.05, 4.69) is 9.97 Å². The molecular formula is C13H16N2O2S2. The van der Waals surface area contributed by atoms with Gasteiger partial charge in [-0.15, -0.1) is 23.1 Å². The van der Waals surface area contributed by atoms with Crippen LogP contribution in [0, 0.1) is 13.8 Å². The monoisotopic (exact) mass is 296 g/mol. The minimum atomic E-state index is -0.0853. The average molecular weight is 296 g/mol. The molecule has 0 spiro atoms. The molecule has 0 unspecified atom stereocenters. The molecule has 6 heteroatoms. The molecule has 19 heavy (non-hydrogen) atoms. The van der Waals surface area contributed by atoms with E-state index in [1.807, 2.05) is 20.8 Å². The highest BCUT2D eigenvalue weighted by Crippen LogP contribution is 2.26. The van der Waals surface area contributed by atoms with E-state index in [9.17, 15) is 9.59 Å². The smallest absolute Gasteiger partial charge is 0.259 e. The van der Waals surface area contributed by atoms with Crippen LogP contribution >= 0.6 is 23.1 Å². The van der Waals surface area contributed by atoms with Gasteiger partial charge in [0, 0.05) is 4.88 Å². The summed E-state index contributed by atoms with van der Waals surface area (Å²) in [6, 6.07) is 0. The van der Waals surface area contributed by atoms with Crippen molar-refractivity contribution in [3.63, 3.8) is 0 Å². The lowest BCUT2D eigenvalue weighted by Gasteiger charge is -2.06. The maximum atomic E-state index is 12.0. The maximum Gasteiger partial charge on any atom is 0.259 e. The molecule has 2 aromatic rings. The third kappa shape index (κ3) is 2.90. The fraction of sp³-hybridized carbons (Fsp3) is 0.462. The fourth-order valence-electron chi connectivity index (χ4n) is 1.69. The predicted molar refractivity (Wildman–Crippen MR) is 81.2 cm³/mol. The molecule has 2 rings (SSSR count). The number of Topliss-reactive ketones (excluding diaryl/α,β-unsaturated/α-hetero) is 1. The number of aromatic amines is 1. The number of thioether (sulfide) groups is 1. The van der Waals surface area contributed by atoms with Crippen LogP contribution in [-0.4, -0.2) is 21.0 Å². The molecule has 0 fully saturated rings. The van der Waals surface area contributed by atoms with Crippen molar-refractivity contribution in [2.75, 3.05) is 0 Å². The van der Waals surface area contributed by atoms with Gasteiger partial charge in [0.1, 0.15) is 16.4 Å². The van der Waals surface area contributed by atoms with Crippen molar-refractivity contribution in [3.8, 4) is 0 Å². The first-order valence-corrected chi connectivity index (χ1v) is 7.87. The van der Waals surface area contributed by atoms with Crippen molar-refractivity contribution in [2.24, 2.45) is 0 Å². The SMILES string of the molecule is CC(=O)[C@H](C)SCc1nc2sc(C)c(C)c2c(=O)[nH]1. The van der Waals surface area contributed by atoms with Crippen molar-refractivity contribution in [1.29, 1.82) is 0 Å². The van der Waals surface area contributed by atoms with Gasteiger partial charge in [0.15, 0.2) is 0 Å². The lowest BCUT2D eigenvalue weighted by molar-refractivity contribution is -0.116. The molecule has 4 nitrogen and oxygen atoms in total. The summed E-state index contributed by atoms with van der Waals surface area (Å²) in [5.41, 5.74) is 0.919. The Morgan fingerprint density at radius 2 is 2.16 bits per heavy atom. The molecule has 0 aliphatic heterocycles. The van der Waals surface area contributed by atoms with E-state index in [1.54, 1.807) is 18.3 Å². The zero-order chi connectivity index (χ0) is 14.2. The predicted octanol–water partition coefficient (Wildman–Crippen LogP) is 2.81. The van der Waals surface area contributed by atoms with Gasteiger partial charge in [0.2, 0.25) is 0 Å². The van der Waals surface area contributed by atoms with Crippen molar-refractivity contribution >= 4 is 39.1 Å². The summed E-state index contributed by atoms with van der Waals surface area (Å²) in [4.78, 5) is 32.4. The third-order valence-corrected chi connectivity index (χ3v) is 5.50. The number of ketones is 1. The summed E-state index contributed by atoms with van der Waals surface area (Å²) < 4.78 is 0. The number of fused-ring (bicyclic) bond motifs is 1. The van der Waals surface area contributed by atoms with Crippen LogP contribution in [0.4, 0.5) is 0 Å². The number of thiophene rings is 1. The molecule has 0 aromatic carbocycles. The van der Waals surface area contributed by atoms with Gasteiger partial charge in [-0.2, -0.15) is 0 Å². The molecule has 0 saturated heterocycles. The molecule has 2 aromatic heterocycles. The van der Waals surface area contributed by atoms with Crippen molar-refractivity contribution < 1.29 is 4.79 Å². The largest absolute Gasteiger partial charge is 0.309 e. The number of aryl methyl sites for hydroxylation is 2. The zero-order valence-electron chi connectivity index (χ0n) is 11.4. The molecule has 0 amide bonds. The van der Waals surface area contributed by atoms with Gasteiger partial charge in [0.05, 0.1) is 16.4 Å². The lowest BCUT2D eigenvalue weighted by Crippen LogP contribution is -2.13. The Labute approximate surface area is 119 Å². The number of hydrogen-bond acceptors (Lipinski definition) is 5. The third-order valence-electron chi connectivity index (χ3n) is 3.13. The Morgan fingerprint density at radius 1 is 1.47 bits per heavy atom. The Balaban J connectivity index is 2.31. The second-order valence-electron chi connectivity index (χ2n) is 4.54. The number of nitrogens with one attached hydrogen (secondary N) is 1. The van der Waals surface area contributed by atoms with Crippen LogP contribution in [0.25, 0.3) is 10.2 Å². The number of carbonyl (C=O) groups is 1. The Morgan fingerprint density at radius 3 is 2.79 bits per heavy atom. The minimum absolute atomic E-state index is 0.0761. The van der Waals surface area contributed by atoms with Crippen LogP contribution in [0.15, 0.2) is 4.79 Å². The number of carbonyl (C=O) groups excluding carboxylic acids is 1. The van der Waals surface area contributed by atoms with E-state index >= 15 is 0 Å². The highest BCUT2D eigenvalue weighted by Gasteiger charge is 2.13. The number of rotatable bonds is 4. The van der Waals surface area contributed by atoms with E-state index in [0.717, 1.165) is 15.3 Å². The van der Waals surface area contributed by atoms with Crippen LogP contribution in [0.1, 0.15) is 30.1 Å². The topological polar surface area (TPSA) is 62.8 Å². The number of aromatic nitrogens is 2. The van der Waals surface area contributed by atoms with Gasteiger partial charge in [0.25, 0.3) is 5.56 Å². The molecular weight excluding hydrogens is 280 g/mol. The van der Waals surface area contributed by atoms with Gasteiger partial charge in [-0.05, 0) is 33.3 Å². The molecule has 102 valence electrons. The van der Waals surface area contributed by atoms with Gasteiger partial charge in [-0.25, -0.2) is 4.98 Å². The van der Waals surface area contributed by atoms with E-state index in [1.165, 1.54) is 11.8 Å². The Bertz CT molecular complexity index is 688. The quantitative estimate of drug-likeness (QED) is 0.942. The zero-order valence-corrected chi connectivity index (χ0v) is 13.0. The number of nitrogens with zero attached hydrogens (tertiary/aromatic N) is 1. The van der Waals surface area contributed by atoms with Crippen molar-refractivity contribution in [2.45, 2.75) is 38.7 Å². The maximum absolute atomic E-state index is 12.0. The average Bonchev–Trinajstić information content (AvgIpc) is 2.62. The van der Waals surface area contributed by atoms with Gasteiger partial charge < -0.3 is 4.98 Å². The summed E-state index contributed by atoms with van der Waals surface area (Å²) in [7, 11) is 0. The van der Waals surface area contributed by atoms with Gasteiger partial charge >= 0.3 is 0 Å². The Hall–Kier alpha value is -1.14. The number of H-pyrrole nitrogens is 1. The van der Waals surface area contributed by atoms with Gasteiger partial charge in [-0.1, -0.05) is 0 Å². The number of hydrogen-bond donors (Lipinski definition) is 1. The Kier molecular flexibility index (Phi) is 4.10. The minimum Gasteiger partial charge on any atom is -0.309 e. The summed E-state index contributed by atoms with van der Waals surface area (Å²) in [5, 5.41) is 0.615. The summed E-state index contributed by atoms with van der Waals surface area (Å²) in [6.45, 7) is 7.37. The first-order valence-electron chi connectivity index (χ1n) is 6.01. The first kappa shape index (κ1) is 14.3. The normalized spacial score (nSPS) is 12.8. The summed E-state index contributed by atoms with van der Waals surface area (Å²) in [6.07, 6.45) is 0. The first-order chi connectivity index (χ1) is 8.90. The van der Waals surface area contributed by atoms with E-state index in [-0.39, 0.29) is 16.6 Å². The second-order valence-corrected chi connectivity index (χ2v) is 7.07. The van der Waals surface area contributed by atoms with Gasteiger partial charge in [-0.3, -0.25) is 9.59 Å². The standard InChI is InChI=1S/C13H16N2O2S2/c1-6-8(3)19-13-11(6)12(17)14-10(15-13)5-18-9(4)7(2)16/h9H,5H2,1-4H3,(H,14,15,17)/t9-/m0/s1. The molecule has 0 aliphatic carbocycles. The fourth-order valence-corrected chi connectivity index (χ4v) is 3.52. The second kappa shape index (κ2) is 5.46.